The summed E-state index contributed by atoms with van der Waals surface area (Å²) < 4.78 is 4.25. The molecular formula is C20H25N7OS2. The third-order valence-corrected chi connectivity index (χ3v) is 6.36. The lowest BCUT2D eigenvalue weighted by atomic mass is 10.1. The Morgan fingerprint density at radius 1 is 1.27 bits per heavy atom. The van der Waals surface area contributed by atoms with Crippen molar-refractivity contribution in [2.45, 2.75) is 32.5 Å². The van der Waals surface area contributed by atoms with Crippen LogP contribution in [0.25, 0.3) is 0 Å². The molecule has 1 saturated heterocycles. The highest BCUT2D eigenvalue weighted by Gasteiger charge is 2.22. The van der Waals surface area contributed by atoms with Crippen molar-refractivity contribution in [3.8, 4) is 0 Å². The smallest absolute Gasteiger partial charge is 0.254 e. The number of amides is 1. The van der Waals surface area contributed by atoms with Crippen molar-refractivity contribution in [2.75, 3.05) is 18.4 Å². The molecule has 1 aromatic carbocycles. The van der Waals surface area contributed by atoms with E-state index in [0.717, 1.165) is 40.7 Å². The minimum Gasteiger partial charge on any atom is -0.349 e. The highest BCUT2D eigenvalue weighted by molar-refractivity contribution is 7.73. The molecule has 0 saturated carbocycles. The minimum absolute atomic E-state index is 0.0601. The fourth-order valence-electron chi connectivity index (χ4n) is 3.42. The topological polar surface area (TPSA) is 80.0 Å². The predicted octanol–water partition coefficient (Wildman–Crippen LogP) is 3.31. The molecule has 0 spiro atoms. The zero-order valence-electron chi connectivity index (χ0n) is 17.0. The van der Waals surface area contributed by atoms with Crippen molar-refractivity contribution in [3.63, 3.8) is 0 Å². The summed E-state index contributed by atoms with van der Waals surface area (Å²) >= 11 is 6.98. The number of aryl methyl sites for hydroxylation is 2. The first-order chi connectivity index (χ1) is 14.5. The monoisotopic (exact) mass is 443 g/mol. The molecule has 10 heteroatoms. The van der Waals surface area contributed by atoms with Crippen LogP contribution in [-0.2, 0) is 13.7 Å². The van der Waals surface area contributed by atoms with Crippen LogP contribution in [0.2, 0.25) is 0 Å². The number of rotatable bonds is 6. The maximum absolute atomic E-state index is 12.3. The van der Waals surface area contributed by atoms with Gasteiger partial charge in [-0.2, -0.15) is 5.10 Å². The number of aromatic nitrogens is 4. The molecule has 1 aliphatic rings. The molecule has 30 heavy (non-hydrogen) atoms. The standard InChI is InChI=1S/C20H25N7OS2/c1-14-3-5-16(6-4-14)23-19-24-27(20(29)30-19)13-26-9-7-17(8-10-26)22-18(28)15-11-21-25(2)12-15/h3-6,11-12,17H,7-10,13H2,1-2H3,(H,22,28)(H,23,24). The molecule has 0 bridgehead atoms. The second-order valence-corrected chi connectivity index (χ2v) is 9.20. The van der Waals surface area contributed by atoms with E-state index in [4.69, 9.17) is 12.2 Å². The SMILES string of the molecule is Cc1ccc(Nc2nn(CN3CCC(NC(=O)c4cnn(C)c4)CC3)c(=S)s2)cc1. The molecule has 0 radical (unpaired) electrons. The van der Waals surface area contributed by atoms with Crippen molar-refractivity contribution in [2.24, 2.45) is 7.05 Å². The lowest BCUT2D eigenvalue weighted by Crippen LogP contribution is -2.45. The first-order valence-electron chi connectivity index (χ1n) is 9.90. The van der Waals surface area contributed by atoms with Gasteiger partial charge in [-0.25, -0.2) is 4.68 Å². The fourth-order valence-corrected chi connectivity index (χ4v) is 4.43. The third-order valence-electron chi connectivity index (χ3n) is 5.13. The van der Waals surface area contributed by atoms with Crippen LogP contribution in [0.3, 0.4) is 0 Å². The average molecular weight is 444 g/mol. The lowest BCUT2D eigenvalue weighted by molar-refractivity contribution is 0.0896. The second-order valence-electron chi connectivity index (χ2n) is 7.57. The lowest BCUT2D eigenvalue weighted by Gasteiger charge is -2.31. The summed E-state index contributed by atoms with van der Waals surface area (Å²) in [4.78, 5) is 14.6. The number of anilines is 2. The van der Waals surface area contributed by atoms with Crippen molar-refractivity contribution < 1.29 is 4.79 Å². The van der Waals surface area contributed by atoms with Gasteiger partial charge in [0.25, 0.3) is 5.91 Å². The van der Waals surface area contributed by atoms with Gasteiger partial charge >= 0.3 is 0 Å². The second kappa shape index (κ2) is 9.07. The number of carbonyl (C=O) groups excluding carboxylic acids is 1. The summed E-state index contributed by atoms with van der Waals surface area (Å²) in [6.07, 6.45) is 5.13. The van der Waals surface area contributed by atoms with E-state index in [-0.39, 0.29) is 11.9 Å². The Balaban J connectivity index is 1.28. The predicted molar refractivity (Wildman–Crippen MR) is 121 cm³/mol. The fraction of sp³-hybridized carbons (Fsp3) is 0.400. The summed E-state index contributed by atoms with van der Waals surface area (Å²) in [5.74, 6) is -0.0601. The number of carbonyl (C=O) groups is 1. The van der Waals surface area contributed by atoms with E-state index in [1.54, 1.807) is 24.1 Å². The molecule has 0 aliphatic carbocycles. The van der Waals surface area contributed by atoms with Crippen LogP contribution in [-0.4, -0.2) is 49.5 Å². The van der Waals surface area contributed by atoms with Crippen LogP contribution in [0, 0.1) is 10.9 Å². The summed E-state index contributed by atoms with van der Waals surface area (Å²) in [6, 6.07) is 8.38. The van der Waals surface area contributed by atoms with Gasteiger partial charge in [-0.15, -0.1) is 5.10 Å². The van der Waals surface area contributed by atoms with Crippen molar-refractivity contribution in [3.05, 3.63) is 51.7 Å². The number of hydrogen-bond donors (Lipinski definition) is 2. The Morgan fingerprint density at radius 3 is 2.67 bits per heavy atom. The Kier molecular flexibility index (Phi) is 6.26. The van der Waals surface area contributed by atoms with Gasteiger partial charge in [0.1, 0.15) is 0 Å². The zero-order valence-corrected chi connectivity index (χ0v) is 18.7. The number of nitrogens with zero attached hydrogens (tertiary/aromatic N) is 5. The molecule has 2 aromatic heterocycles. The minimum atomic E-state index is -0.0601. The third kappa shape index (κ3) is 5.13. The van der Waals surface area contributed by atoms with Crippen molar-refractivity contribution in [1.82, 2.24) is 29.8 Å². The Bertz CT molecular complexity index is 1060. The van der Waals surface area contributed by atoms with Crippen LogP contribution in [0.15, 0.2) is 36.7 Å². The van der Waals surface area contributed by atoms with Crippen LogP contribution in [0.5, 0.6) is 0 Å². The highest BCUT2D eigenvalue weighted by atomic mass is 32.1. The molecule has 0 atom stereocenters. The van der Waals surface area contributed by atoms with Gasteiger partial charge < -0.3 is 10.6 Å². The molecule has 1 amide bonds. The Labute approximate surface area is 184 Å². The highest BCUT2D eigenvalue weighted by Crippen LogP contribution is 2.21. The summed E-state index contributed by atoms with van der Waals surface area (Å²) in [6.45, 7) is 4.50. The quantitative estimate of drug-likeness (QED) is 0.569. The normalized spacial score (nSPS) is 15.3. The van der Waals surface area contributed by atoms with Gasteiger partial charge in [-0.3, -0.25) is 14.4 Å². The molecule has 0 unspecified atom stereocenters. The zero-order chi connectivity index (χ0) is 21.1. The van der Waals surface area contributed by atoms with Crippen molar-refractivity contribution >= 4 is 40.3 Å². The van der Waals surface area contributed by atoms with E-state index in [2.05, 4.69) is 44.8 Å². The van der Waals surface area contributed by atoms with Crippen LogP contribution < -0.4 is 10.6 Å². The van der Waals surface area contributed by atoms with Gasteiger partial charge in [0.2, 0.25) is 5.13 Å². The van der Waals surface area contributed by atoms with Crippen LogP contribution in [0.1, 0.15) is 28.8 Å². The molecule has 4 rings (SSSR count). The Hall–Kier alpha value is -2.56. The van der Waals surface area contributed by atoms with Gasteiger partial charge in [-0.05, 0) is 44.1 Å². The van der Waals surface area contributed by atoms with Gasteiger partial charge in [0, 0.05) is 38.1 Å². The molecule has 158 valence electrons. The molecule has 2 N–H and O–H groups in total. The first-order valence-corrected chi connectivity index (χ1v) is 11.1. The van der Waals surface area contributed by atoms with E-state index in [1.807, 2.05) is 16.8 Å². The molecule has 1 aliphatic heterocycles. The van der Waals surface area contributed by atoms with E-state index in [9.17, 15) is 4.79 Å². The maximum Gasteiger partial charge on any atom is 0.254 e. The van der Waals surface area contributed by atoms with E-state index < -0.39 is 0 Å². The number of nitrogens with one attached hydrogen (secondary N) is 2. The van der Waals surface area contributed by atoms with Crippen molar-refractivity contribution in [1.29, 1.82) is 0 Å². The van der Waals surface area contributed by atoms with Gasteiger partial charge in [0.15, 0.2) is 3.95 Å². The summed E-state index contributed by atoms with van der Waals surface area (Å²) in [7, 11) is 1.81. The average Bonchev–Trinajstić information content (AvgIpc) is 3.31. The molecular weight excluding hydrogens is 418 g/mol. The van der Waals surface area contributed by atoms with E-state index >= 15 is 0 Å². The summed E-state index contributed by atoms with van der Waals surface area (Å²) in [5, 5.41) is 15.9. The molecule has 3 heterocycles. The number of hydrogen-bond acceptors (Lipinski definition) is 7. The van der Waals surface area contributed by atoms with E-state index in [1.165, 1.54) is 16.9 Å². The van der Waals surface area contributed by atoms with Gasteiger partial charge in [0.05, 0.1) is 18.4 Å². The Morgan fingerprint density at radius 2 is 2.00 bits per heavy atom. The number of piperidine rings is 1. The van der Waals surface area contributed by atoms with Gasteiger partial charge in [-0.1, -0.05) is 29.0 Å². The first kappa shape index (κ1) is 20.7. The molecule has 3 aromatic rings. The number of benzene rings is 1. The molecule has 8 nitrogen and oxygen atoms in total. The van der Waals surface area contributed by atoms with Crippen LogP contribution >= 0.6 is 23.6 Å². The number of likely N-dealkylation sites (tertiary alicyclic amines) is 1. The van der Waals surface area contributed by atoms with Crippen LogP contribution in [0.4, 0.5) is 10.8 Å². The largest absolute Gasteiger partial charge is 0.349 e. The molecule has 1 fully saturated rings. The van der Waals surface area contributed by atoms with E-state index in [0.29, 0.717) is 12.2 Å². The maximum atomic E-state index is 12.3. The summed E-state index contributed by atoms with van der Waals surface area (Å²) in [5.41, 5.74) is 2.82.